The number of aromatic nitrogens is 2. The van der Waals surface area contributed by atoms with Gasteiger partial charge in [0.2, 0.25) is 0 Å². The normalized spacial score (nSPS) is 15.7. The standard InChI is InChI=1S/C16H19N3O3S/c1-12-13(16(20)18-7-9-23(21)10-8-18)11-17-19(12)14-5-3-4-6-15(14)22-2/h3-6,11H,7-10H2,1-2H3. The molecule has 1 saturated heterocycles. The zero-order valence-corrected chi connectivity index (χ0v) is 14.0. The number of carbonyl (C=O) groups excluding carboxylic acids is 1. The van der Waals surface area contributed by atoms with E-state index in [0.717, 1.165) is 11.4 Å². The van der Waals surface area contributed by atoms with E-state index in [-0.39, 0.29) is 5.91 Å². The van der Waals surface area contributed by atoms with Gasteiger partial charge in [-0.05, 0) is 19.1 Å². The third-order valence-corrected chi connectivity index (χ3v) is 5.29. The highest BCUT2D eigenvalue weighted by Gasteiger charge is 2.25. The molecule has 1 amide bonds. The van der Waals surface area contributed by atoms with Crippen LogP contribution < -0.4 is 4.74 Å². The topological polar surface area (TPSA) is 64.4 Å². The summed E-state index contributed by atoms with van der Waals surface area (Å²) in [6, 6.07) is 7.55. The molecular formula is C16H19N3O3S. The number of benzene rings is 1. The Morgan fingerprint density at radius 1 is 1.26 bits per heavy atom. The molecule has 2 aromatic rings. The lowest BCUT2D eigenvalue weighted by molar-refractivity contribution is 0.0770. The van der Waals surface area contributed by atoms with Crippen LogP contribution in [0.15, 0.2) is 30.5 Å². The van der Waals surface area contributed by atoms with Gasteiger partial charge in [0.1, 0.15) is 11.4 Å². The number of para-hydroxylation sites is 2. The fourth-order valence-electron chi connectivity index (χ4n) is 2.68. The van der Waals surface area contributed by atoms with Gasteiger partial charge in [-0.1, -0.05) is 12.1 Å². The van der Waals surface area contributed by atoms with Gasteiger partial charge in [-0.2, -0.15) is 5.10 Å². The highest BCUT2D eigenvalue weighted by molar-refractivity contribution is 7.85. The van der Waals surface area contributed by atoms with Gasteiger partial charge < -0.3 is 9.64 Å². The van der Waals surface area contributed by atoms with Crippen LogP contribution in [0, 0.1) is 6.92 Å². The Morgan fingerprint density at radius 2 is 1.96 bits per heavy atom. The van der Waals surface area contributed by atoms with E-state index in [9.17, 15) is 9.00 Å². The van der Waals surface area contributed by atoms with E-state index in [1.807, 2.05) is 31.2 Å². The van der Waals surface area contributed by atoms with Crippen LogP contribution in [-0.4, -0.2) is 56.5 Å². The number of amides is 1. The first-order valence-electron chi connectivity index (χ1n) is 7.44. The zero-order chi connectivity index (χ0) is 16.4. The van der Waals surface area contributed by atoms with Crippen LogP contribution in [0.4, 0.5) is 0 Å². The maximum absolute atomic E-state index is 12.7. The fourth-order valence-corrected chi connectivity index (χ4v) is 3.73. The molecular weight excluding hydrogens is 314 g/mol. The van der Waals surface area contributed by atoms with Crippen molar-refractivity contribution in [2.75, 3.05) is 31.7 Å². The molecule has 3 rings (SSSR count). The van der Waals surface area contributed by atoms with Crippen molar-refractivity contribution >= 4 is 16.7 Å². The average molecular weight is 333 g/mol. The van der Waals surface area contributed by atoms with E-state index < -0.39 is 10.8 Å². The molecule has 6 nitrogen and oxygen atoms in total. The summed E-state index contributed by atoms with van der Waals surface area (Å²) in [6.45, 7) is 2.93. The Labute approximate surface area is 137 Å². The zero-order valence-electron chi connectivity index (χ0n) is 13.2. The van der Waals surface area contributed by atoms with Crippen LogP contribution in [0.2, 0.25) is 0 Å². The van der Waals surface area contributed by atoms with Crippen molar-refractivity contribution in [2.24, 2.45) is 0 Å². The molecule has 2 heterocycles. The molecule has 1 aliphatic rings. The summed E-state index contributed by atoms with van der Waals surface area (Å²) in [5.74, 6) is 1.74. The summed E-state index contributed by atoms with van der Waals surface area (Å²) in [6.07, 6.45) is 1.59. The minimum absolute atomic E-state index is 0.0552. The Hall–Kier alpha value is -2.15. The maximum atomic E-state index is 12.7. The number of hydrogen-bond donors (Lipinski definition) is 0. The van der Waals surface area contributed by atoms with Crippen LogP contribution in [0.1, 0.15) is 16.1 Å². The van der Waals surface area contributed by atoms with E-state index in [0.29, 0.717) is 35.9 Å². The van der Waals surface area contributed by atoms with Crippen LogP contribution in [-0.2, 0) is 10.8 Å². The van der Waals surface area contributed by atoms with Crippen LogP contribution in [0.3, 0.4) is 0 Å². The lowest BCUT2D eigenvalue weighted by Crippen LogP contribution is -2.41. The van der Waals surface area contributed by atoms with Crippen LogP contribution >= 0.6 is 0 Å². The molecule has 0 N–H and O–H groups in total. The molecule has 0 unspecified atom stereocenters. The van der Waals surface area contributed by atoms with E-state index in [2.05, 4.69) is 5.10 Å². The summed E-state index contributed by atoms with van der Waals surface area (Å²) >= 11 is 0. The number of rotatable bonds is 3. The van der Waals surface area contributed by atoms with Gasteiger partial charge in [0.15, 0.2) is 0 Å². The van der Waals surface area contributed by atoms with Crippen molar-refractivity contribution in [3.63, 3.8) is 0 Å². The predicted octanol–water partition coefficient (Wildman–Crippen LogP) is 1.39. The second-order valence-corrected chi connectivity index (χ2v) is 7.06. The molecule has 1 aromatic carbocycles. The smallest absolute Gasteiger partial charge is 0.257 e. The molecule has 1 aliphatic heterocycles. The second-order valence-electron chi connectivity index (χ2n) is 5.37. The number of methoxy groups -OCH3 is 1. The molecule has 0 aliphatic carbocycles. The third-order valence-electron chi connectivity index (χ3n) is 4.02. The SMILES string of the molecule is COc1ccccc1-n1ncc(C(=O)N2CCS(=O)CC2)c1C. The monoisotopic (exact) mass is 333 g/mol. The molecule has 122 valence electrons. The molecule has 0 radical (unpaired) electrons. The molecule has 7 heteroatoms. The molecule has 0 bridgehead atoms. The average Bonchev–Trinajstić information content (AvgIpc) is 2.96. The number of hydrogen-bond acceptors (Lipinski definition) is 4. The van der Waals surface area contributed by atoms with E-state index in [1.54, 1.807) is 22.9 Å². The molecule has 1 aromatic heterocycles. The van der Waals surface area contributed by atoms with Gasteiger partial charge in [0.25, 0.3) is 5.91 Å². The first kappa shape index (κ1) is 15.7. The quantitative estimate of drug-likeness (QED) is 0.851. The van der Waals surface area contributed by atoms with Gasteiger partial charge in [-0.15, -0.1) is 0 Å². The molecule has 0 spiro atoms. The Kier molecular flexibility index (Phi) is 4.47. The number of ether oxygens (including phenoxy) is 1. The Morgan fingerprint density at radius 3 is 2.65 bits per heavy atom. The van der Waals surface area contributed by atoms with Gasteiger partial charge in [-0.25, -0.2) is 4.68 Å². The first-order chi connectivity index (χ1) is 11.1. The minimum Gasteiger partial charge on any atom is -0.494 e. The van der Waals surface area contributed by atoms with E-state index in [1.165, 1.54) is 0 Å². The lowest BCUT2D eigenvalue weighted by Gasteiger charge is -2.26. The molecule has 0 saturated carbocycles. The molecule has 23 heavy (non-hydrogen) atoms. The summed E-state index contributed by atoms with van der Waals surface area (Å²) in [5, 5.41) is 4.35. The van der Waals surface area contributed by atoms with Crippen molar-refractivity contribution in [3.05, 3.63) is 41.7 Å². The van der Waals surface area contributed by atoms with Gasteiger partial charge in [0, 0.05) is 35.4 Å². The van der Waals surface area contributed by atoms with Crippen molar-refractivity contribution in [3.8, 4) is 11.4 Å². The van der Waals surface area contributed by atoms with Crippen molar-refractivity contribution in [2.45, 2.75) is 6.92 Å². The second kappa shape index (κ2) is 6.54. The first-order valence-corrected chi connectivity index (χ1v) is 8.93. The van der Waals surface area contributed by atoms with Crippen molar-refractivity contribution in [1.82, 2.24) is 14.7 Å². The van der Waals surface area contributed by atoms with Gasteiger partial charge in [-0.3, -0.25) is 9.00 Å². The van der Waals surface area contributed by atoms with Crippen LogP contribution in [0.25, 0.3) is 5.69 Å². The van der Waals surface area contributed by atoms with Gasteiger partial charge >= 0.3 is 0 Å². The number of nitrogens with zero attached hydrogens (tertiary/aromatic N) is 3. The maximum Gasteiger partial charge on any atom is 0.257 e. The number of carbonyl (C=O) groups is 1. The molecule has 1 fully saturated rings. The highest BCUT2D eigenvalue weighted by Crippen LogP contribution is 2.24. The van der Waals surface area contributed by atoms with Gasteiger partial charge in [0.05, 0.1) is 24.6 Å². The van der Waals surface area contributed by atoms with Crippen molar-refractivity contribution in [1.29, 1.82) is 0 Å². The predicted molar refractivity (Wildman–Crippen MR) is 88.6 cm³/mol. The van der Waals surface area contributed by atoms with E-state index in [4.69, 9.17) is 4.74 Å². The summed E-state index contributed by atoms with van der Waals surface area (Å²) in [7, 11) is 0.809. The Bertz CT molecular complexity index is 747. The highest BCUT2D eigenvalue weighted by atomic mass is 32.2. The minimum atomic E-state index is -0.799. The third kappa shape index (κ3) is 3.01. The largest absolute Gasteiger partial charge is 0.494 e. The summed E-state index contributed by atoms with van der Waals surface area (Å²) in [4.78, 5) is 14.4. The van der Waals surface area contributed by atoms with E-state index >= 15 is 0 Å². The lowest BCUT2D eigenvalue weighted by atomic mass is 10.2. The fraction of sp³-hybridized carbons (Fsp3) is 0.375. The molecule has 0 atom stereocenters. The van der Waals surface area contributed by atoms with Crippen LogP contribution in [0.5, 0.6) is 5.75 Å². The summed E-state index contributed by atoms with van der Waals surface area (Å²) in [5.41, 5.74) is 2.14. The summed E-state index contributed by atoms with van der Waals surface area (Å²) < 4.78 is 18.5. The Balaban J connectivity index is 1.90. The van der Waals surface area contributed by atoms with Crippen molar-refractivity contribution < 1.29 is 13.7 Å².